The maximum atomic E-state index is 13.1. The van der Waals surface area contributed by atoms with Gasteiger partial charge < -0.3 is 14.2 Å². The predicted octanol–water partition coefficient (Wildman–Crippen LogP) is 1.88. The van der Waals surface area contributed by atoms with Crippen LogP contribution in [0.2, 0.25) is 0 Å². The van der Waals surface area contributed by atoms with Gasteiger partial charge in [0.15, 0.2) is 11.2 Å². The number of fused-ring (bicyclic) bond motifs is 3. The molecule has 0 radical (unpaired) electrons. The molecule has 1 unspecified atom stereocenters. The van der Waals surface area contributed by atoms with Gasteiger partial charge in [-0.05, 0) is 18.1 Å². The number of rotatable bonds is 4. The Morgan fingerprint density at radius 1 is 1.29 bits per heavy atom. The Hall–Kier alpha value is -3.29. The summed E-state index contributed by atoms with van der Waals surface area (Å²) in [4.78, 5) is 32.5. The first-order chi connectivity index (χ1) is 13.5. The number of hydrogen-bond acceptors (Lipinski definition) is 5. The molecule has 2 aromatic heterocycles. The fourth-order valence-electron chi connectivity index (χ4n) is 3.85. The van der Waals surface area contributed by atoms with E-state index in [1.807, 2.05) is 28.8 Å². The third-order valence-corrected chi connectivity index (χ3v) is 5.13. The van der Waals surface area contributed by atoms with Crippen LogP contribution >= 0.6 is 0 Å². The number of aromatic nitrogens is 4. The monoisotopic (exact) mass is 381 g/mol. The first-order valence-corrected chi connectivity index (χ1v) is 9.19. The maximum absolute atomic E-state index is 13.1. The average Bonchev–Trinajstić information content (AvgIpc) is 3.08. The second kappa shape index (κ2) is 6.70. The fourth-order valence-corrected chi connectivity index (χ4v) is 3.85. The van der Waals surface area contributed by atoms with Crippen LogP contribution < -0.4 is 20.9 Å². The van der Waals surface area contributed by atoms with E-state index < -0.39 is 5.69 Å². The number of hydrogen-bond donors (Lipinski definition) is 0. The number of anilines is 2. The van der Waals surface area contributed by atoms with Gasteiger partial charge in [0.1, 0.15) is 5.75 Å². The summed E-state index contributed by atoms with van der Waals surface area (Å²) in [5, 5.41) is 0. The molecule has 1 aromatic carbocycles. The first-order valence-electron chi connectivity index (χ1n) is 9.19. The number of allylic oxidation sites excluding steroid dienone is 1. The molecular weight excluding hydrogens is 358 g/mol. The number of para-hydroxylation sites is 2. The van der Waals surface area contributed by atoms with Gasteiger partial charge in [-0.15, -0.1) is 6.58 Å². The molecule has 0 N–H and O–H groups in total. The number of ether oxygens (including phenoxy) is 1. The van der Waals surface area contributed by atoms with Crippen molar-refractivity contribution in [1.29, 1.82) is 0 Å². The minimum absolute atomic E-state index is 0.160. The predicted molar refractivity (Wildman–Crippen MR) is 109 cm³/mol. The van der Waals surface area contributed by atoms with E-state index in [0.717, 1.165) is 18.0 Å². The van der Waals surface area contributed by atoms with Gasteiger partial charge in [-0.25, -0.2) is 4.79 Å². The number of aryl methyl sites for hydroxylation is 1. The van der Waals surface area contributed by atoms with Gasteiger partial charge >= 0.3 is 5.69 Å². The highest BCUT2D eigenvalue weighted by Crippen LogP contribution is 2.37. The smallest absolute Gasteiger partial charge is 0.332 e. The van der Waals surface area contributed by atoms with Gasteiger partial charge in [-0.2, -0.15) is 4.98 Å². The van der Waals surface area contributed by atoms with Crippen LogP contribution in [-0.2, 0) is 20.1 Å². The highest BCUT2D eigenvalue weighted by Gasteiger charge is 2.30. The average molecular weight is 381 g/mol. The molecule has 0 aliphatic carbocycles. The zero-order valence-corrected chi connectivity index (χ0v) is 16.3. The van der Waals surface area contributed by atoms with Gasteiger partial charge in [0.2, 0.25) is 5.95 Å². The summed E-state index contributed by atoms with van der Waals surface area (Å²) >= 11 is 0. The van der Waals surface area contributed by atoms with Crippen LogP contribution in [0.1, 0.15) is 6.92 Å². The van der Waals surface area contributed by atoms with Crippen LogP contribution in [0.3, 0.4) is 0 Å². The molecular formula is C20H23N5O3. The Morgan fingerprint density at radius 2 is 2.04 bits per heavy atom. The molecule has 8 nitrogen and oxygen atoms in total. The second-order valence-electron chi connectivity index (χ2n) is 7.13. The molecule has 1 aliphatic heterocycles. The van der Waals surface area contributed by atoms with Crippen LogP contribution in [0.4, 0.5) is 11.6 Å². The van der Waals surface area contributed by atoms with E-state index in [1.54, 1.807) is 20.2 Å². The third kappa shape index (κ3) is 2.56. The van der Waals surface area contributed by atoms with Crippen LogP contribution in [0.5, 0.6) is 5.75 Å². The zero-order valence-electron chi connectivity index (χ0n) is 16.3. The van der Waals surface area contributed by atoms with Crippen molar-refractivity contribution in [2.24, 2.45) is 13.0 Å². The highest BCUT2D eigenvalue weighted by molar-refractivity contribution is 5.78. The standard InChI is InChI=1S/C20H23N5O3/c1-5-10-23-18(26)16-17(22(3)20(23)27)21-19-24(11-13(2)12-25(16)19)14-8-6-7-9-15(14)28-4/h5-9,13H,1,10-12H2,2-4H3. The van der Waals surface area contributed by atoms with Gasteiger partial charge in [-0.3, -0.25) is 13.9 Å². The molecule has 3 aromatic rings. The molecule has 4 rings (SSSR count). The van der Waals surface area contributed by atoms with E-state index in [4.69, 9.17) is 9.72 Å². The topological polar surface area (TPSA) is 74.3 Å². The molecule has 0 fully saturated rings. The molecule has 3 heterocycles. The van der Waals surface area contributed by atoms with Crippen molar-refractivity contribution < 1.29 is 4.74 Å². The van der Waals surface area contributed by atoms with Crippen LogP contribution in [-0.4, -0.2) is 32.3 Å². The second-order valence-corrected chi connectivity index (χ2v) is 7.13. The summed E-state index contributed by atoms with van der Waals surface area (Å²) in [5.41, 5.74) is 0.963. The first kappa shape index (κ1) is 18.1. The summed E-state index contributed by atoms with van der Waals surface area (Å²) in [5.74, 6) is 1.65. The summed E-state index contributed by atoms with van der Waals surface area (Å²) < 4.78 is 10.1. The van der Waals surface area contributed by atoms with E-state index >= 15 is 0 Å². The lowest BCUT2D eigenvalue weighted by Crippen LogP contribution is -2.40. The minimum Gasteiger partial charge on any atom is -0.495 e. The van der Waals surface area contributed by atoms with Crippen molar-refractivity contribution in [2.75, 3.05) is 18.6 Å². The summed E-state index contributed by atoms with van der Waals surface area (Å²) in [7, 11) is 3.27. The van der Waals surface area contributed by atoms with Gasteiger partial charge in [0.25, 0.3) is 5.56 Å². The maximum Gasteiger partial charge on any atom is 0.332 e. The van der Waals surface area contributed by atoms with Crippen LogP contribution in [0.15, 0.2) is 46.5 Å². The van der Waals surface area contributed by atoms with Crippen molar-refractivity contribution in [3.05, 3.63) is 57.8 Å². The van der Waals surface area contributed by atoms with Crippen LogP contribution in [0.25, 0.3) is 11.2 Å². The fraction of sp³-hybridized carbons (Fsp3) is 0.350. The lowest BCUT2D eigenvalue weighted by Gasteiger charge is -2.33. The quantitative estimate of drug-likeness (QED) is 0.645. The van der Waals surface area contributed by atoms with E-state index in [-0.39, 0.29) is 18.0 Å². The summed E-state index contributed by atoms with van der Waals surface area (Å²) in [6, 6.07) is 7.72. The van der Waals surface area contributed by atoms with Crippen molar-refractivity contribution in [2.45, 2.75) is 20.0 Å². The Bertz CT molecular complexity index is 1190. The summed E-state index contributed by atoms with van der Waals surface area (Å²) in [6.45, 7) is 7.33. The third-order valence-electron chi connectivity index (χ3n) is 5.13. The molecule has 28 heavy (non-hydrogen) atoms. The lowest BCUT2D eigenvalue weighted by molar-refractivity contribution is 0.409. The zero-order chi connectivity index (χ0) is 20.0. The molecule has 1 atom stereocenters. The number of imidazole rings is 1. The molecule has 1 aliphatic rings. The lowest BCUT2D eigenvalue weighted by atomic mass is 10.1. The van der Waals surface area contributed by atoms with E-state index in [0.29, 0.717) is 23.7 Å². The molecule has 146 valence electrons. The Morgan fingerprint density at radius 3 is 2.75 bits per heavy atom. The minimum atomic E-state index is -0.398. The Balaban J connectivity index is 2.04. The van der Waals surface area contributed by atoms with E-state index in [9.17, 15) is 9.59 Å². The SMILES string of the molecule is C=CCn1c(=O)c2c(nc3n2CC(C)CN3c2ccccc2OC)n(C)c1=O. The molecule has 0 saturated heterocycles. The molecule has 0 spiro atoms. The Labute approximate surface area is 161 Å². The van der Waals surface area contributed by atoms with Gasteiger partial charge in [0.05, 0.1) is 12.8 Å². The molecule has 0 amide bonds. The molecule has 0 bridgehead atoms. The van der Waals surface area contributed by atoms with Crippen molar-refractivity contribution in [3.8, 4) is 5.75 Å². The van der Waals surface area contributed by atoms with Crippen molar-refractivity contribution >= 4 is 22.8 Å². The van der Waals surface area contributed by atoms with E-state index in [2.05, 4.69) is 18.4 Å². The number of nitrogens with zero attached hydrogens (tertiary/aromatic N) is 5. The van der Waals surface area contributed by atoms with Crippen molar-refractivity contribution in [3.63, 3.8) is 0 Å². The van der Waals surface area contributed by atoms with Crippen molar-refractivity contribution in [1.82, 2.24) is 18.7 Å². The van der Waals surface area contributed by atoms with Gasteiger partial charge in [-0.1, -0.05) is 25.1 Å². The van der Waals surface area contributed by atoms with Crippen LogP contribution in [0, 0.1) is 5.92 Å². The number of benzene rings is 1. The summed E-state index contributed by atoms with van der Waals surface area (Å²) in [6.07, 6.45) is 1.55. The largest absolute Gasteiger partial charge is 0.495 e. The number of methoxy groups -OCH3 is 1. The highest BCUT2D eigenvalue weighted by atomic mass is 16.5. The van der Waals surface area contributed by atoms with E-state index in [1.165, 1.54) is 9.13 Å². The van der Waals surface area contributed by atoms with Gasteiger partial charge in [0, 0.05) is 26.7 Å². The molecule has 0 saturated carbocycles. The molecule has 8 heteroatoms. The Kier molecular flexibility index (Phi) is 4.33. The normalized spacial score (nSPS) is 16.2.